The van der Waals surface area contributed by atoms with Crippen LogP contribution in [0.2, 0.25) is 0 Å². The van der Waals surface area contributed by atoms with Crippen molar-refractivity contribution in [3.05, 3.63) is 50.0 Å². The van der Waals surface area contributed by atoms with Crippen molar-refractivity contribution in [2.45, 2.75) is 6.54 Å². The molecule has 0 aliphatic heterocycles. The number of carbonyl (C=O) groups is 1. The Bertz CT molecular complexity index is 528. The maximum atomic E-state index is 11.9. The highest BCUT2D eigenvalue weighted by molar-refractivity contribution is 14.1. The summed E-state index contributed by atoms with van der Waals surface area (Å²) in [7, 11) is 0. The number of benzene rings is 1. The third-order valence-electron chi connectivity index (χ3n) is 2.14. The van der Waals surface area contributed by atoms with E-state index in [1.807, 2.05) is 12.1 Å². The fraction of sp³-hybridized carbons (Fsp3) is 0.0909. The molecular formula is C11H9BrIN3O. The van der Waals surface area contributed by atoms with Crippen molar-refractivity contribution in [2.24, 2.45) is 0 Å². The Morgan fingerprint density at radius 2 is 2.35 bits per heavy atom. The molecule has 1 heterocycles. The van der Waals surface area contributed by atoms with Gasteiger partial charge in [0.05, 0.1) is 12.1 Å². The number of nitrogens with one attached hydrogen (secondary N) is 2. The smallest absolute Gasteiger partial charge is 0.252 e. The number of hydrogen-bond acceptors (Lipinski definition) is 2. The Kier molecular flexibility index (Phi) is 4.16. The molecular weight excluding hydrogens is 397 g/mol. The summed E-state index contributed by atoms with van der Waals surface area (Å²) in [5, 5.41) is 2.81. The monoisotopic (exact) mass is 405 g/mol. The molecule has 0 bridgehead atoms. The van der Waals surface area contributed by atoms with Crippen molar-refractivity contribution in [1.82, 2.24) is 15.3 Å². The van der Waals surface area contributed by atoms with Gasteiger partial charge in [-0.15, -0.1) is 0 Å². The molecule has 0 aliphatic rings. The molecule has 0 saturated carbocycles. The zero-order valence-electron chi connectivity index (χ0n) is 8.71. The van der Waals surface area contributed by atoms with Gasteiger partial charge in [0, 0.05) is 20.4 Å². The summed E-state index contributed by atoms with van der Waals surface area (Å²) in [5.74, 6) is 0.635. The topological polar surface area (TPSA) is 57.8 Å². The fourth-order valence-corrected chi connectivity index (χ4v) is 2.27. The molecule has 88 valence electrons. The van der Waals surface area contributed by atoms with Gasteiger partial charge in [0.25, 0.3) is 5.91 Å². The van der Waals surface area contributed by atoms with Crippen LogP contribution in [0.25, 0.3) is 0 Å². The Morgan fingerprint density at radius 3 is 3.06 bits per heavy atom. The van der Waals surface area contributed by atoms with Crippen molar-refractivity contribution in [2.75, 3.05) is 0 Å². The minimum absolute atomic E-state index is 0.105. The van der Waals surface area contributed by atoms with Crippen molar-refractivity contribution in [3.63, 3.8) is 0 Å². The molecule has 2 N–H and O–H groups in total. The molecule has 6 heteroatoms. The number of amides is 1. The van der Waals surface area contributed by atoms with Crippen LogP contribution in [0.1, 0.15) is 16.2 Å². The zero-order valence-corrected chi connectivity index (χ0v) is 12.4. The lowest BCUT2D eigenvalue weighted by molar-refractivity contribution is 0.0949. The van der Waals surface area contributed by atoms with Gasteiger partial charge < -0.3 is 10.3 Å². The molecule has 1 aromatic carbocycles. The lowest BCUT2D eigenvalue weighted by Gasteiger charge is -2.06. The van der Waals surface area contributed by atoms with Gasteiger partial charge in [0.1, 0.15) is 5.82 Å². The van der Waals surface area contributed by atoms with E-state index in [4.69, 9.17) is 0 Å². The van der Waals surface area contributed by atoms with Crippen LogP contribution in [0.4, 0.5) is 0 Å². The number of carbonyl (C=O) groups excluding carboxylic acids is 1. The predicted octanol–water partition coefficient (Wildman–Crippen LogP) is 2.71. The predicted molar refractivity (Wildman–Crippen MR) is 76.6 cm³/mol. The first-order valence-electron chi connectivity index (χ1n) is 4.88. The van der Waals surface area contributed by atoms with E-state index in [1.54, 1.807) is 18.5 Å². The lowest BCUT2D eigenvalue weighted by Crippen LogP contribution is -2.24. The van der Waals surface area contributed by atoms with E-state index in [9.17, 15) is 4.79 Å². The van der Waals surface area contributed by atoms with E-state index in [-0.39, 0.29) is 5.91 Å². The lowest BCUT2D eigenvalue weighted by atomic mass is 10.2. The first kappa shape index (κ1) is 12.6. The van der Waals surface area contributed by atoms with Crippen molar-refractivity contribution in [1.29, 1.82) is 0 Å². The third kappa shape index (κ3) is 3.29. The van der Waals surface area contributed by atoms with Crippen LogP contribution in [0, 0.1) is 3.57 Å². The zero-order chi connectivity index (χ0) is 12.3. The van der Waals surface area contributed by atoms with E-state index in [1.165, 1.54) is 0 Å². The number of imidazole rings is 1. The first-order chi connectivity index (χ1) is 8.16. The molecule has 1 amide bonds. The van der Waals surface area contributed by atoms with E-state index in [0.717, 1.165) is 13.9 Å². The molecule has 4 nitrogen and oxygen atoms in total. The fourth-order valence-electron chi connectivity index (χ4n) is 1.33. The number of hydrogen-bond donors (Lipinski definition) is 2. The minimum Gasteiger partial charge on any atom is -0.347 e. The Balaban J connectivity index is 2.07. The Labute approximate surface area is 120 Å². The molecule has 0 atom stereocenters. The highest BCUT2D eigenvalue weighted by Crippen LogP contribution is 2.18. The Hall–Kier alpha value is -0.890. The molecule has 0 spiro atoms. The van der Waals surface area contributed by atoms with E-state index >= 15 is 0 Å². The second-order valence-corrected chi connectivity index (χ2v) is 5.42. The highest BCUT2D eigenvalue weighted by atomic mass is 127. The molecule has 1 aromatic heterocycles. The molecule has 0 saturated heterocycles. The number of nitrogens with zero attached hydrogens (tertiary/aromatic N) is 1. The van der Waals surface area contributed by atoms with Gasteiger partial charge in [-0.25, -0.2) is 4.98 Å². The van der Waals surface area contributed by atoms with E-state index in [0.29, 0.717) is 12.1 Å². The van der Waals surface area contributed by atoms with Gasteiger partial charge in [-0.05, 0) is 40.8 Å². The first-order valence-corrected chi connectivity index (χ1v) is 6.75. The van der Waals surface area contributed by atoms with Crippen LogP contribution in [-0.2, 0) is 6.54 Å². The molecule has 0 fully saturated rings. The van der Waals surface area contributed by atoms with Crippen LogP contribution >= 0.6 is 38.5 Å². The van der Waals surface area contributed by atoms with Gasteiger partial charge in [-0.1, -0.05) is 15.9 Å². The number of aromatic amines is 1. The van der Waals surface area contributed by atoms with Gasteiger partial charge in [0.15, 0.2) is 0 Å². The standard InChI is InChI=1S/C11H9BrIN3O/c12-7-1-2-9(13)8(5-7)11(17)16-6-10-14-3-4-15-10/h1-5H,6H2,(H,14,15)(H,16,17). The summed E-state index contributed by atoms with van der Waals surface area (Å²) < 4.78 is 1.81. The quantitative estimate of drug-likeness (QED) is 0.771. The minimum atomic E-state index is -0.105. The average molecular weight is 406 g/mol. The number of halogens is 2. The molecule has 17 heavy (non-hydrogen) atoms. The number of H-pyrrole nitrogens is 1. The van der Waals surface area contributed by atoms with E-state index in [2.05, 4.69) is 53.8 Å². The summed E-state index contributed by atoms with van der Waals surface area (Å²) in [6.07, 6.45) is 3.38. The van der Waals surface area contributed by atoms with Gasteiger partial charge in [0.2, 0.25) is 0 Å². The number of aromatic nitrogens is 2. The summed E-state index contributed by atoms with van der Waals surface area (Å²) >= 11 is 5.49. The molecule has 2 aromatic rings. The summed E-state index contributed by atoms with van der Waals surface area (Å²) in [5.41, 5.74) is 0.659. The van der Waals surface area contributed by atoms with Crippen LogP contribution in [-0.4, -0.2) is 15.9 Å². The highest BCUT2D eigenvalue weighted by Gasteiger charge is 2.10. The average Bonchev–Trinajstić information content (AvgIpc) is 2.82. The normalized spacial score (nSPS) is 10.2. The molecule has 0 radical (unpaired) electrons. The second kappa shape index (κ2) is 5.63. The van der Waals surface area contributed by atoms with Crippen LogP contribution in [0.15, 0.2) is 35.1 Å². The van der Waals surface area contributed by atoms with Gasteiger partial charge in [-0.2, -0.15) is 0 Å². The summed E-state index contributed by atoms with van der Waals surface area (Å²) in [6.45, 7) is 0.397. The Morgan fingerprint density at radius 1 is 1.53 bits per heavy atom. The van der Waals surface area contributed by atoms with Crippen LogP contribution < -0.4 is 5.32 Å². The molecule has 0 aliphatic carbocycles. The SMILES string of the molecule is O=C(NCc1ncc[nH]1)c1cc(Br)ccc1I. The van der Waals surface area contributed by atoms with Crippen molar-refractivity contribution < 1.29 is 4.79 Å². The summed E-state index contributed by atoms with van der Waals surface area (Å²) in [4.78, 5) is 18.9. The third-order valence-corrected chi connectivity index (χ3v) is 3.58. The van der Waals surface area contributed by atoms with Crippen LogP contribution in [0.5, 0.6) is 0 Å². The molecule has 0 unspecified atom stereocenters. The van der Waals surface area contributed by atoms with Crippen molar-refractivity contribution in [3.8, 4) is 0 Å². The maximum absolute atomic E-state index is 11.9. The van der Waals surface area contributed by atoms with E-state index < -0.39 is 0 Å². The number of rotatable bonds is 3. The van der Waals surface area contributed by atoms with Gasteiger partial charge >= 0.3 is 0 Å². The maximum Gasteiger partial charge on any atom is 0.252 e. The van der Waals surface area contributed by atoms with Crippen molar-refractivity contribution >= 4 is 44.4 Å². The largest absolute Gasteiger partial charge is 0.347 e. The second-order valence-electron chi connectivity index (χ2n) is 3.34. The molecule has 2 rings (SSSR count). The summed E-state index contributed by atoms with van der Waals surface area (Å²) in [6, 6.07) is 5.61. The van der Waals surface area contributed by atoms with Gasteiger partial charge in [-0.3, -0.25) is 4.79 Å². The van der Waals surface area contributed by atoms with Crippen LogP contribution in [0.3, 0.4) is 0 Å².